The van der Waals surface area contributed by atoms with Gasteiger partial charge in [-0.1, -0.05) is 18.2 Å². The molecule has 2 aliphatic heterocycles. The van der Waals surface area contributed by atoms with Crippen molar-refractivity contribution in [1.82, 2.24) is 5.32 Å². The molecule has 78 valence electrons. The fourth-order valence-electron chi connectivity index (χ4n) is 2.94. The third kappa shape index (κ3) is 1.18. The SMILES string of the molecule is CC1=Nc2ccccc2C12CCNCC2. The molecule has 15 heavy (non-hydrogen) atoms. The first-order valence-electron chi connectivity index (χ1n) is 5.69. The maximum atomic E-state index is 4.72. The minimum absolute atomic E-state index is 0.252. The second kappa shape index (κ2) is 3.17. The van der Waals surface area contributed by atoms with Gasteiger partial charge in [0.2, 0.25) is 0 Å². The molecular weight excluding hydrogens is 184 g/mol. The van der Waals surface area contributed by atoms with Gasteiger partial charge in [-0.05, 0) is 44.5 Å². The van der Waals surface area contributed by atoms with Crippen molar-refractivity contribution in [2.45, 2.75) is 25.2 Å². The van der Waals surface area contributed by atoms with Gasteiger partial charge in [0.05, 0.1) is 5.69 Å². The Morgan fingerprint density at radius 2 is 1.93 bits per heavy atom. The Labute approximate surface area is 90.4 Å². The van der Waals surface area contributed by atoms with E-state index in [1.54, 1.807) is 0 Å². The number of hydrogen-bond donors (Lipinski definition) is 1. The molecule has 0 saturated carbocycles. The number of nitrogens with one attached hydrogen (secondary N) is 1. The van der Waals surface area contributed by atoms with Gasteiger partial charge in [0.1, 0.15) is 0 Å². The topological polar surface area (TPSA) is 24.4 Å². The van der Waals surface area contributed by atoms with Crippen molar-refractivity contribution < 1.29 is 0 Å². The minimum Gasteiger partial charge on any atom is -0.317 e. The number of fused-ring (bicyclic) bond motifs is 2. The van der Waals surface area contributed by atoms with Crippen molar-refractivity contribution in [3.8, 4) is 0 Å². The zero-order chi connectivity index (χ0) is 10.3. The van der Waals surface area contributed by atoms with Gasteiger partial charge in [0.15, 0.2) is 0 Å². The van der Waals surface area contributed by atoms with Crippen LogP contribution in [0.5, 0.6) is 0 Å². The molecule has 2 heterocycles. The Hall–Kier alpha value is -1.15. The van der Waals surface area contributed by atoms with Crippen LogP contribution in [0.3, 0.4) is 0 Å². The Kier molecular flexibility index (Phi) is 1.93. The van der Waals surface area contributed by atoms with Gasteiger partial charge in [-0.2, -0.15) is 0 Å². The Balaban J connectivity index is 2.13. The lowest BCUT2D eigenvalue weighted by Crippen LogP contribution is -2.42. The highest BCUT2D eigenvalue weighted by Crippen LogP contribution is 2.45. The number of benzene rings is 1. The molecule has 0 amide bonds. The Morgan fingerprint density at radius 3 is 2.73 bits per heavy atom. The first-order valence-corrected chi connectivity index (χ1v) is 5.69. The summed E-state index contributed by atoms with van der Waals surface area (Å²) in [6.45, 7) is 4.41. The van der Waals surface area contributed by atoms with Crippen LogP contribution in [0, 0.1) is 0 Å². The second-order valence-corrected chi connectivity index (χ2v) is 4.55. The molecule has 2 nitrogen and oxygen atoms in total. The first-order chi connectivity index (χ1) is 7.33. The van der Waals surface area contributed by atoms with Crippen molar-refractivity contribution in [3.05, 3.63) is 29.8 Å². The van der Waals surface area contributed by atoms with Crippen molar-refractivity contribution in [3.63, 3.8) is 0 Å². The maximum absolute atomic E-state index is 4.72. The van der Waals surface area contributed by atoms with Crippen LogP contribution < -0.4 is 5.32 Å². The molecule has 1 fully saturated rings. The Morgan fingerprint density at radius 1 is 1.20 bits per heavy atom. The summed E-state index contributed by atoms with van der Waals surface area (Å²) in [5.41, 5.74) is 4.20. The predicted octanol–water partition coefficient (Wildman–Crippen LogP) is 2.41. The van der Waals surface area contributed by atoms with Crippen molar-refractivity contribution in [2.24, 2.45) is 4.99 Å². The molecule has 1 aromatic rings. The minimum atomic E-state index is 0.252. The average molecular weight is 200 g/mol. The molecule has 0 aromatic heterocycles. The quantitative estimate of drug-likeness (QED) is 0.683. The van der Waals surface area contributed by atoms with Gasteiger partial charge in [-0.25, -0.2) is 0 Å². The lowest BCUT2D eigenvalue weighted by molar-refractivity contribution is 0.401. The van der Waals surface area contributed by atoms with Gasteiger partial charge < -0.3 is 5.32 Å². The summed E-state index contributed by atoms with van der Waals surface area (Å²) in [5.74, 6) is 0. The third-order valence-electron chi connectivity index (χ3n) is 3.86. The fourth-order valence-corrected chi connectivity index (χ4v) is 2.94. The van der Waals surface area contributed by atoms with Gasteiger partial charge >= 0.3 is 0 Å². The summed E-state index contributed by atoms with van der Waals surface area (Å²) < 4.78 is 0. The molecule has 0 unspecified atom stereocenters. The average Bonchev–Trinajstić information content (AvgIpc) is 2.55. The number of hydrogen-bond acceptors (Lipinski definition) is 2. The van der Waals surface area contributed by atoms with E-state index in [1.165, 1.54) is 29.8 Å². The van der Waals surface area contributed by atoms with E-state index in [1.807, 2.05) is 0 Å². The van der Waals surface area contributed by atoms with E-state index >= 15 is 0 Å². The van der Waals surface area contributed by atoms with Crippen molar-refractivity contribution >= 4 is 11.4 Å². The van der Waals surface area contributed by atoms with E-state index < -0.39 is 0 Å². The lowest BCUT2D eigenvalue weighted by Gasteiger charge is -2.35. The van der Waals surface area contributed by atoms with E-state index in [4.69, 9.17) is 4.99 Å². The van der Waals surface area contributed by atoms with Crippen LogP contribution in [0.4, 0.5) is 5.69 Å². The second-order valence-electron chi connectivity index (χ2n) is 4.55. The summed E-state index contributed by atoms with van der Waals surface area (Å²) in [7, 11) is 0. The molecule has 0 atom stereocenters. The van der Waals surface area contributed by atoms with Gasteiger partial charge in [-0.3, -0.25) is 4.99 Å². The van der Waals surface area contributed by atoms with E-state index in [-0.39, 0.29) is 5.41 Å². The van der Waals surface area contributed by atoms with E-state index in [0.29, 0.717) is 0 Å². The van der Waals surface area contributed by atoms with Crippen LogP contribution in [0.2, 0.25) is 0 Å². The number of nitrogens with zero attached hydrogens (tertiary/aromatic N) is 1. The summed E-state index contributed by atoms with van der Waals surface area (Å²) in [5, 5.41) is 3.43. The molecule has 1 saturated heterocycles. The molecular formula is C13H16N2. The zero-order valence-corrected chi connectivity index (χ0v) is 9.09. The highest BCUT2D eigenvalue weighted by molar-refractivity contribution is 6.00. The monoisotopic (exact) mass is 200 g/mol. The molecule has 2 heteroatoms. The molecule has 0 aliphatic carbocycles. The summed E-state index contributed by atoms with van der Waals surface area (Å²) in [4.78, 5) is 4.72. The standard InChI is InChI=1S/C13H16N2/c1-10-13(6-8-14-9-7-13)11-4-2-3-5-12(11)15-10/h2-5,14H,6-9H2,1H3. The molecule has 2 aliphatic rings. The number of para-hydroxylation sites is 1. The first kappa shape index (κ1) is 9.10. The zero-order valence-electron chi connectivity index (χ0n) is 9.09. The molecule has 0 bridgehead atoms. The normalized spacial score (nSPS) is 22.6. The molecule has 1 spiro atoms. The summed E-state index contributed by atoms with van der Waals surface area (Å²) >= 11 is 0. The largest absolute Gasteiger partial charge is 0.317 e. The summed E-state index contributed by atoms with van der Waals surface area (Å²) in [6.07, 6.45) is 2.39. The van der Waals surface area contributed by atoms with Crippen LogP contribution in [0.15, 0.2) is 29.3 Å². The van der Waals surface area contributed by atoms with Crippen LogP contribution in [0.25, 0.3) is 0 Å². The third-order valence-corrected chi connectivity index (χ3v) is 3.86. The molecule has 3 rings (SSSR count). The number of aliphatic imine (C=N–C) groups is 1. The number of piperidine rings is 1. The molecule has 1 N–H and O–H groups in total. The van der Waals surface area contributed by atoms with E-state index in [2.05, 4.69) is 36.5 Å². The van der Waals surface area contributed by atoms with Crippen LogP contribution in [-0.2, 0) is 5.41 Å². The smallest absolute Gasteiger partial charge is 0.0670 e. The van der Waals surface area contributed by atoms with Gasteiger partial charge in [0, 0.05) is 11.1 Å². The molecule has 0 radical (unpaired) electrons. The van der Waals surface area contributed by atoms with Gasteiger partial charge in [-0.15, -0.1) is 0 Å². The highest BCUT2D eigenvalue weighted by Gasteiger charge is 2.41. The van der Waals surface area contributed by atoms with Crippen LogP contribution in [0.1, 0.15) is 25.3 Å². The predicted molar refractivity (Wildman–Crippen MR) is 63.0 cm³/mol. The van der Waals surface area contributed by atoms with Crippen molar-refractivity contribution in [1.29, 1.82) is 0 Å². The lowest BCUT2D eigenvalue weighted by atomic mass is 9.71. The van der Waals surface area contributed by atoms with Crippen LogP contribution >= 0.6 is 0 Å². The summed E-state index contributed by atoms with van der Waals surface area (Å²) in [6, 6.07) is 8.60. The fraction of sp³-hybridized carbons (Fsp3) is 0.462. The van der Waals surface area contributed by atoms with Gasteiger partial charge in [0.25, 0.3) is 0 Å². The Bertz CT molecular complexity index is 414. The highest BCUT2D eigenvalue weighted by atomic mass is 14.9. The number of rotatable bonds is 0. The molecule has 1 aromatic carbocycles. The van der Waals surface area contributed by atoms with E-state index in [0.717, 1.165) is 13.1 Å². The maximum Gasteiger partial charge on any atom is 0.0670 e. The van der Waals surface area contributed by atoms with E-state index in [9.17, 15) is 0 Å². The van der Waals surface area contributed by atoms with Crippen LogP contribution in [-0.4, -0.2) is 18.8 Å². The van der Waals surface area contributed by atoms with Crippen molar-refractivity contribution in [2.75, 3.05) is 13.1 Å².